The van der Waals surface area contributed by atoms with Gasteiger partial charge in [-0.1, -0.05) is 6.07 Å². The molecule has 0 saturated heterocycles. The van der Waals surface area contributed by atoms with Crippen LogP contribution in [-0.2, 0) is 0 Å². The van der Waals surface area contributed by atoms with Crippen LogP contribution in [-0.4, -0.2) is 24.0 Å². The molecule has 1 amide bonds. The molecule has 2 aromatic rings. The molecule has 0 saturated carbocycles. The van der Waals surface area contributed by atoms with Crippen LogP contribution >= 0.6 is 11.3 Å². The summed E-state index contributed by atoms with van der Waals surface area (Å²) >= 11 is 1.59. The van der Waals surface area contributed by atoms with E-state index in [4.69, 9.17) is 4.74 Å². The first-order chi connectivity index (χ1) is 10.1. The number of benzene rings is 1. The Morgan fingerprint density at radius 1 is 1.52 bits per heavy atom. The first-order valence-electron chi connectivity index (χ1n) is 6.88. The average molecular weight is 303 g/mol. The zero-order chi connectivity index (χ0) is 14.8. The molecular weight excluding hydrogens is 286 g/mol. The normalized spacial score (nSPS) is 14.6. The largest absolute Gasteiger partial charge is 0.489 e. The second kappa shape index (κ2) is 5.73. The van der Waals surface area contributed by atoms with Gasteiger partial charge in [-0.15, -0.1) is 11.3 Å². The molecule has 21 heavy (non-hydrogen) atoms. The molecule has 0 radical (unpaired) electrons. The quantitative estimate of drug-likeness (QED) is 0.915. The van der Waals surface area contributed by atoms with Crippen LogP contribution in [0.2, 0.25) is 0 Å². The summed E-state index contributed by atoms with van der Waals surface area (Å²) in [5.41, 5.74) is 1.42. The Kier molecular flexibility index (Phi) is 3.79. The summed E-state index contributed by atoms with van der Waals surface area (Å²) in [5, 5.41) is 7.12. The van der Waals surface area contributed by atoms with E-state index in [0.717, 1.165) is 22.1 Å². The number of ether oxygens (including phenoxy) is 1. The van der Waals surface area contributed by atoms with Gasteiger partial charge in [-0.3, -0.25) is 4.79 Å². The third kappa shape index (κ3) is 2.85. The van der Waals surface area contributed by atoms with Gasteiger partial charge >= 0.3 is 0 Å². The van der Waals surface area contributed by atoms with Crippen molar-refractivity contribution < 1.29 is 9.53 Å². The molecule has 0 aliphatic carbocycles. The number of amides is 1. The summed E-state index contributed by atoms with van der Waals surface area (Å²) in [4.78, 5) is 17.9. The number of carbonyl (C=O) groups is 1. The maximum Gasteiger partial charge on any atom is 0.255 e. The fraction of sp³-hybridized carbons (Fsp3) is 0.333. The van der Waals surface area contributed by atoms with Gasteiger partial charge in [-0.2, -0.15) is 0 Å². The van der Waals surface area contributed by atoms with Crippen molar-refractivity contribution in [3.8, 4) is 5.75 Å². The van der Waals surface area contributed by atoms with Crippen LogP contribution in [0.5, 0.6) is 5.75 Å². The summed E-state index contributed by atoms with van der Waals surface area (Å²) < 4.78 is 5.63. The highest BCUT2D eigenvalue weighted by Gasteiger charge is 2.21. The smallest absolute Gasteiger partial charge is 0.255 e. The molecule has 0 bridgehead atoms. The maximum absolute atomic E-state index is 12.5. The number of thiazole rings is 1. The van der Waals surface area contributed by atoms with Crippen LogP contribution in [0.25, 0.3) is 0 Å². The van der Waals surface area contributed by atoms with Gasteiger partial charge < -0.3 is 15.4 Å². The number of rotatable bonds is 3. The van der Waals surface area contributed by atoms with Crippen LogP contribution in [0, 0.1) is 6.92 Å². The Bertz CT molecular complexity index is 669. The molecule has 1 aromatic carbocycles. The molecule has 2 N–H and O–H groups in total. The van der Waals surface area contributed by atoms with Crippen LogP contribution < -0.4 is 15.4 Å². The van der Waals surface area contributed by atoms with Crippen LogP contribution in [0.15, 0.2) is 24.4 Å². The number of aryl methyl sites for hydroxylation is 1. The van der Waals surface area contributed by atoms with Crippen molar-refractivity contribution in [3.63, 3.8) is 0 Å². The number of nitrogens with zero attached hydrogens (tertiary/aromatic N) is 1. The van der Waals surface area contributed by atoms with E-state index >= 15 is 0 Å². The zero-order valence-corrected chi connectivity index (χ0v) is 12.8. The molecule has 1 atom stereocenters. The molecule has 1 aliphatic rings. The van der Waals surface area contributed by atoms with E-state index in [9.17, 15) is 4.79 Å². The minimum absolute atomic E-state index is 0.122. The molecule has 2 heterocycles. The third-order valence-corrected chi connectivity index (χ3v) is 4.38. The first-order valence-corrected chi connectivity index (χ1v) is 7.69. The number of nitrogens with one attached hydrogen (secondary N) is 2. The number of hydrogen-bond donors (Lipinski definition) is 2. The molecule has 110 valence electrons. The lowest BCUT2D eigenvalue weighted by Gasteiger charge is -2.22. The number of aromatic nitrogens is 1. The monoisotopic (exact) mass is 303 g/mol. The second-order valence-electron chi connectivity index (χ2n) is 4.96. The van der Waals surface area contributed by atoms with Gasteiger partial charge in [0.2, 0.25) is 0 Å². The lowest BCUT2D eigenvalue weighted by Crippen LogP contribution is -2.28. The standard InChI is InChI=1S/C15H17N3O2S/c1-9-8-17-15(21-9)10(2)18-14(19)11-4-3-5-12-13(11)20-7-6-16-12/h3-5,8,10,16H,6-7H2,1-2H3,(H,18,19). The molecule has 1 aliphatic heterocycles. The number of para-hydroxylation sites is 1. The van der Waals surface area contributed by atoms with Crippen molar-refractivity contribution in [2.24, 2.45) is 0 Å². The highest BCUT2D eigenvalue weighted by atomic mass is 32.1. The minimum Gasteiger partial charge on any atom is -0.489 e. The Morgan fingerprint density at radius 2 is 2.38 bits per heavy atom. The summed E-state index contributed by atoms with van der Waals surface area (Å²) in [7, 11) is 0. The Hall–Kier alpha value is -2.08. The van der Waals surface area contributed by atoms with Crippen molar-refractivity contribution in [3.05, 3.63) is 39.8 Å². The fourth-order valence-corrected chi connectivity index (χ4v) is 3.03. The molecule has 1 aromatic heterocycles. The van der Waals surface area contributed by atoms with Crippen molar-refractivity contribution in [2.75, 3.05) is 18.5 Å². The van der Waals surface area contributed by atoms with Crippen LogP contribution in [0.4, 0.5) is 5.69 Å². The van der Waals surface area contributed by atoms with Crippen LogP contribution in [0.1, 0.15) is 33.2 Å². The van der Waals surface area contributed by atoms with E-state index in [-0.39, 0.29) is 11.9 Å². The summed E-state index contributed by atoms with van der Waals surface area (Å²) in [6, 6.07) is 5.43. The number of fused-ring (bicyclic) bond motifs is 1. The summed E-state index contributed by atoms with van der Waals surface area (Å²) in [5.74, 6) is 0.486. The van der Waals surface area contributed by atoms with Crippen molar-refractivity contribution >= 4 is 22.9 Å². The predicted molar refractivity (Wildman–Crippen MR) is 83.2 cm³/mol. The van der Waals surface area contributed by atoms with E-state index in [2.05, 4.69) is 15.6 Å². The molecule has 0 fully saturated rings. The summed E-state index contributed by atoms with van der Waals surface area (Å²) in [6.07, 6.45) is 1.82. The van der Waals surface area contributed by atoms with Gasteiger partial charge in [0.1, 0.15) is 11.6 Å². The highest BCUT2D eigenvalue weighted by Crippen LogP contribution is 2.31. The molecule has 5 nitrogen and oxygen atoms in total. The lowest BCUT2D eigenvalue weighted by molar-refractivity contribution is 0.0935. The fourth-order valence-electron chi connectivity index (χ4n) is 2.26. The van der Waals surface area contributed by atoms with Crippen molar-refractivity contribution in [2.45, 2.75) is 19.9 Å². The predicted octanol–water partition coefficient (Wildman–Crippen LogP) is 2.75. The Balaban J connectivity index is 1.79. The van der Waals surface area contributed by atoms with E-state index < -0.39 is 0 Å². The van der Waals surface area contributed by atoms with E-state index in [1.165, 1.54) is 0 Å². The third-order valence-electron chi connectivity index (χ3n) is 3.28. The minimum atomic E-state index is -0.143. The van der Waals surface area contributed by atoms with E-state index in [1.54, 1.807) is 17.4 Å². The molecule has 6 heteroatoms. The van der Waals surface area contributed by atoms with E-state index in [0.29, 0.717) is 17.9 Å². The highest BCUT2D eigenvalue weighted by molar-refractivity contribution is 7.11. The van der Waals surface area contributed by atoms with Gasteiger partial charge in [-0.25, -0.2) is 4.98 Å². The number of hydrogen-bond acceptors (Lipinski definition) is 5. The van der Waals surface area contributed by atoms with Crippen molar-refractivity contribution in [1.82, 2.24) is 10.3 Å². The molecule has 1 unspecified atom stereocenters. The van der Waals surface area contributed by atoms with Gasteiger partial charge in [0.25, 0.3) is 5.91 Å². The first kappa shape index (κ1) is 13.9. The van der Waals surface area contributed by atoms with Crippen LogP contribution in [0.3, 0.4) is 0 Å². The Labute approximate surface area is 127 Å². The van der Waals surface area contributed by atoms with Gasteiger partial charge in [0, 0.05) is 17.6 Å². The average Bonchev–Trinajstić information content (AvgIpc) is 2.93. The van der Waals surface area contributed by atoms with E-state index in [1.807, 2.05) is 32.2 Å². The SMILES string of the molecule is Cc1cnc(C(C)NC(=O)c2cccc3c2OCCN3)s1. The lowest BCUT2D eigenvalue weighted by atomic mass is 10.1. The van der Waals surface area contributed by atoms with Gasteiger partial charge in [-0.05, 0) is 26.0 Å². The summed E-state index contributed by atoms with van der Waals surface area (Å²) in [6.45, 7) is 5.26. The zero-order valence-electron chi connectivity index (χ0n) is 12.0. The number of carbonyl (C=O) groups excluding carboxylic acids is 1. The topological polar surface area (TPSA) is 63.2 Å². The molecular formula is C15H17N3O2S. The molecule has 0 spiro atoms. The Morgan fingerprint density at radius 3 is 3.14 bits per heavy atom. The van der Waals surface area contributed by atoms with Gasteiger partial charge in [0.15, 0.2) is 5.75 Å². The second-order valence-corrected chi connectivity index (χ2v) is 6.23. The van der Waals surface area contributed by atoms with Crippen molar-refractivity contribution in [1.29, 1.82) is 0 Å². The van der Waals surface area contributed by atoms with Gasteiger partial charge in [0.05, 0.1) is 17.3 Å². The maximum atomic E-state index is 12.5. The molecule has 3 rings (SSSR count). The number of anilines is 1.